The fourth-order valence-corrected chi connectivity index (χ4v) is 3.97. The predicted octanol–water partition coefficient (Wildman–Crippen LogP) is 7.14. The second kappa shape index (κ2) is 7.73. The summed E-state index contributed by atoms with van der Waals surface area (Å²) in [7, 11) is 0. The van der Waals surface area contributed by atoms with Gasteiger partial charge in [-0.3, -0.25) is 4.79 Å². The molecule has 2 aromatic rings. The molecule has 0 saturated heterocycles. The molecule has 1 N–H and O–H groups in total. The number of alkyl halides is 4. The van der Waals surface area contributed by atoms with Gasteiger partial charge in [0.25, 0.3) is 0 Å². The highest BCUT2D eigenvalue weighted by Gasteiger charge is 2.47. The smallest absolute Gasteiger partial charge is 0.416 e. The van der Waals surface area contributed by atoms with Crippen LogP contribution >= 0.6 is 0 Å². The minimum absolute atomic E-state index is 0.0664. The first-order valence-electron chi connectivity index (χ1n) is 10.2. The van der Waals surface area contributed by atoms with Crippen LogP contribution in [0, 0.1) is 6.92 Å². The number of aryl methyl sites for hydroxylation is 1. The number of halogens is 4. The summed E-state index contributed by atoms with van der Waals surface area (Å²) in [6.07, 6.45) is -6.23. The van der Waals surface area contributed by atoms with Gasteiger partial charge >= 0.3 is 6.18 Å². The van der Waals surface area contributed by atoms with Gasteiger partial charge in [0.05, 0.1) is 11.1 Å². The number of aliphatic hydroxyl groups is 1. The number of Topliss-reactive ketones (excluding diaryl/α,β-unsaturated/α-hetero) is 1. The van der Waals surface area contributed by atoms with Crippen LogP contribution in [0.3, 0.4) is 0 Å². The van der Waals surface area contributed by atoms with Crippen molar-refractivity contribution in [2.45, 2.75) is 65.1 Å². The standard InChI is InChI=1S/C25H26F4O3/c1-13-7-8-15(17-9-16(14(2)26)10-18(11-17)25(27,28)29)12-19(13)20-21(30)23(3,4)32-24(5,6)22(20)31/h7-12,14,30H,1-6H3. The first kappa shape index (κ1) is 24.0. The van der Waals surface area contributed by atoms with E-state index < -0.39 is 34.9 Å². The first-order chi connectivity index (χ1) is 14.5. The number of aliphatic hydroxyl groups excluding tert-OH is 1. The monoisotopic (exact) mass is 450 g/mol. The third-order valence-corrected chi connectivity index (χ3v) is 5.67. The van der Waals surface area contributed by atoms with Gasteiger partial charge in [-0.05, 0) is 93.6 Å². The summed E-state index contributed by atoms with van der Waals surface area (Å²) in [5.74, 6) is -0.680. The molecular formula is C25H26F4O3. The van der Waals surface area contributed by atoms with Crippen molar-refractivity contribution in [2.75, 3.05) is 0 Å². The Morgan fingerprint density at radius 2 is 1.59 bits per heavy atom. The molecule has 1 unspecified atom stereocenters. The van der Waals surface area contributed by atoms with E-state index in [1.165, 1.54) is 13.0 Å². The van der Waals surface area contributed by atoms with E-state index in [9.17, 15) is 27.5 Å². The minimum atomic E-state index is -4.64. The van der Waals surface area contributed by atoms with Crippen LogP contribution in [-0.2, 0) is 15.7 Å². The van der Waals surface area contributed by atoms with Gasteiger partial charge in [-0.15, -0.1) is 0 Å². The molecule has 1 aliphatic heterocycles. The van der Waals surface area contributed by atoms with E-state index in [1.807, 2.05) is 0 Å². The summed E-state index contributed by atoms with van der Waals surface area (Å²) < 4.78 is 59.9. The molecule has 0 amide bonds. The Kier molecular flexibility index (Phi) is 5.79. The fourth-order valence-electron chi connectivity index (χ4n) is 3.97. The molecule has 3 rings (SSSR count). The molecule has 2 aromatic carbocycles. The number of ketones is 1. The predicted molar refractivity (Wildman–Crippen MR) is 115 cm³/mol. The minimum Gasteiger partial charge on any atom is -0.508 e. The lowest BCUT2D eigenvalue weighted by Crippen LogP contribution is -2.49. The molecule has 3 nitrogen and oxygen atoms in total. The quantitative estimate of drug-likeness (QED) is 0.506. The maximum Gasteiger partial charge on any atom is 0.416 e. The van der Waals surface area contributed by atoms with E-state index in [-0.39, 0.29) is 22.5 Å². The molecule has 0 spiro atoms. The lowest BCUT2D eigenvalue weighted by atomic mass is 9.81. The van der Waals surface area contributed by atoms with Gasteiger partial charge < -0.3 is 9.84 Å². The highest BCUT2D eigenvalue weighted by molar-refractivity contribution is 6.26. The van der Waals surface area contributed by atoms with Crippen molar-refractivity contribution in [1.82, 2.24) is 0 Å². The second-order valence-electron chi connectivity index (χ2n) is 9.16. The van der Waals surface area contributed by atoms with Gasteiger partial charge in [-0.2, -0.15) is 13.2 Å². The van der Waals surface area contributed by atoms with Crippen LogP contribution in [0.4, 0.5) is 17.6 Å². The van der Waals surface area contributed by atoms with E-state index >= 15 is 0 Å². The molecular weight excluding hydrogens is 424 g/mol. The molecule has 1 heterocycles. The van der Waals surface area contributed by atoms with Crippen molar-refractivity contribution < 1.29 is 32.2 Å². The Labute approximate surface area is 184 Å². The third-order valence-electron chi connectivity index (χ3n) is 5.67. The molecule has 0 aromatic heterocycles. The summed E-state index contributed by atoms with van der Waals surface area (Å²) in [5.41, 5.74) is -1.75. The highest BCUT2D eigenvalue weighted by atomic mass is 19.4. The van der Waals surface area contributed by atoms with Crippen LogP contribution in [0.1, 0.15) is 63.0 Å². The van der Waals surface area contributed by atoms with Crippen LogP contribution in [0.15, 0.2) is 42.2 Å². The molecule has 0 radical (unpaired) electrons. The van der Waals surface area contributed by atoms with E-state index in [1.54, 1.807) is 52.8 Å². The molecule has 32 heavy (non-hydrogen) atoms. The zero-order valence-electron chi connectivity index (χ0n) is 18.8. The van der Waals surface area contributed by atoms with Gasteiger partial charge in [0.2, 0.25) is 0 Å². The lowest BCUT2D eigenvalue weighted by molar-refractivity contribution is -0.158. The Morgan fingerprint density at radius 3 is 2.16 bits per heavy atom. The molecule has 1 aliphatic rings. The van der Waals surface area contributed by atoms with Crippen LogP contribution in [-0.4, -0.2) is 22.1 Å². The summed E-state index contributed by atoms with van der Waals surface area (Å²) in [6, 6.07) is 7.94. The van der Waals surface area contributed by atoms with Gasteiger partial charge in [0, 0.05) is 0 Å². The molecule has 0 fully saturated rings. The summed E-state index contributed by atoms with van der Waals surface area (Å²) in [4.78, 5) is 13.1. The van der Waals surface area contributed by atoms with Gasteiger partial charge in [0.15, 0.2) is 5.78 Å². The van der Waals surface area contributed by atoms with Crippen LogP contribution in [0.5, 0.6) is 0 Å². The Morgan fingerprint density at radius 1 is 0.969 bits per heavy atom. The summed E-state index contributed by atoms with van der Waals surface area (Å²) in [6.45, 7) is 9.39. The van der Waals surface area contributed by atoms with Crippen molar-refractivity contribution in [1.29, 1.82) is 0 Å². The zero-order chi connectivity index (χ0) is 24.2. The number of hydrogen-bond donors (Lipinski definition) is 1. The second-order valence-corrected chi connectivity index (χ2v) is 9.16. The maximum atomic E-state index is 13.9. The molecule has 0 aliphatic carbocycles. The Balaban J connectivity index is 2.26. The number of benzene rings is 2. The normalized spacial score (nSPS) is 19.2. The Bertz CT molecular complexity index is 1110. The average molecular weight is 450 g/mol. The number of hydrogen-bond acceptors (Lipinski definition) is 3. The van der Waals surface area contributed by atoms with Crippen LogP contribution < -0.4 is 0 Å². The van der Waals surface area contributed by atoms with E-state index in [4.69, 9.17) is 4.74 Å². The largest absolute Gasteiger partial charge is 0.508 e. The number of carbonyl (C=O) groups is 1. The van der Waals surface area contributed by atoms with Gasteiger partial charge in [-0.25, -0.2) is 4.39 Å². The topological polar surface area (TPSA) is 46.5 Å². The number of ether oxygens (including phenoxy) is 1. The zero-order valence-corrected chi connectivity index (χ0v) is 18.8. The first-order valence-corrected chi connectivity index (χ1v) is 10.2. The maximum absolute atomic E-state index is 13.9. The number of carbonyl (C=O) groups excluding carboxylic acids is 1. The van der Waals surface area contributed by atoms with Crippen molar-refractivity contribution in [2.24, 2.45) is 0 Å². The Hall–Kier alpha value is -2.67. The van der Waals surface area contributed by atoms with Gasteiger partial charge in [0.1, 0.15) is 23.1 Å². The van der Waals surface area contributed by atoms with Crippen molar-refractivity contribution >= 4 is 11.4 Å². The van der Waals surface area contributed by atoms with E-state index in [0.717, 1.165) is 12.1 Å². The number of rotatable bonds is 3. The van der Waals surface area contributed by atoms with Gasteiger partial charge in [-0.1, -0.05) is 12.1 Å². The third kappa shape index (κ3) is 4.31. The fraction of sp³-hybridized carbons (Fsp3) is 0.400. The van der Waals surface area contributed by atoms with Crippen molar-refractivity contribution in [3.63, 3.8) is 0 Å². The summed E-state index contributed by atoms with van der Waals surface area (Å²) >= 11 is 0. The van der Waals surface area contributed by atoms with Crippen LogP contribution in [0.25, 0.3) is 16.7 Å². The molecule has 0 saturated carbocycles. The lowest BCUT2D eigenvalue weighted by Gasteiger charge is -2.40. The van der Waals surface area contributed by atoms with E-state index in [2.05, 4.69) is 0 Å². The SMILES string of the molecule is Cc1ccc(-c2cc(C(C)F)cc(C(F)(F)F)c2)cc1C1=C(O)C(C)(C)OC(C)(C)C1=O. The van der Waals surface area contributed by atoms with Crippen LogP contribution in [0.2, 0.25) is 0 Å². The summed E-state index contributed by atoms with van der Waals surface area (Å²) in [5, 5.41) is 10.8. The molecule has 0 bridgehead atoms. The molecule has 1 atom stereocenters. The molecule has 7 heteroatoms. The van der Waals surface area contributed by atoms with E-state index in [0.29, 0.717) is 16.7 Å². The highest BCUT2D eigenvalue weighted by Crippen LogP contribution is 2.42. The average Bonchev–Trinajstić information content (AvgIpc) is 2.66. The van der Waals surface area contributed by atoms with Crippen molar-refractivity contribution in [3.05, 3.63) is 64.4 Å². The molecule has 172 valence electrons. The van der Waals surface area contributed by atoms with Crippen molar-refractivity contribution in [3.8, 4) is 11.1 Å².